The molecule has 0 radical (unpaired) electrons. The number of halogens is 3. The normalized spacial score (nSPS) is 13.0. The fourth-order valence-corrected chi connectivity index (χ4v) is 3.18. The van der Waals surface area contributed by atoms with Gasteiger partial charge >= 0.3 is 6.43 Å². The molecule has 0 bridgehead atoms. The Balaban J connectivity index is 1.36. The van der Waals surface area contributed by atoms with Gasteiger partial charge in [0.2, 0.25) is 11.7 Å². The van der Waals surface area contributed by atoms with Crippen molar-refractivity contribution in [3.8, 4) is 22.8 Å². The number of tetrazole rings is 1. The molecular formula is C19H12F3N7O2. The van der Waals surface area contributed by atoms with Crippen LogP contribution in [0.1, 0.15) is 33.8 Å². The van der Waals surface area contributed by atoms with E-state index in [9.17, 15) is 18.0 Å². The summed E-state index contributed by atoms with van der Waals surface area (Å²) in [5, 5.41) is 21.6. The largest absolute Gasteiger partial charge is 0.415 e. The maximum Gasteiger partial charge on any atom is 0.314 e. The minimum atomic E-state index is -2.90. The number of benzene rings is 2. The van der Waals surface area contributed by atoms with E-state index in [0.717, 1.165) is 11.6 Å². The number of aromatic nitrogens is 6. The number of rotatable bonds is 5. The quantitative estimate of drug-likeness (QED) is 0.521. The SMILES string of the molecule is O=C1NCc2ccc(-c3nnn(Cc4ccc(-c5nnc(C(F)F)o5)cc4F)n3)cc21. The Morgan fingerprint density at radius 2 is 1.94 bits per heavy atom. The smallest absolute Gasteiger partial charge is 0.314 e. The van der Waals surface area contributed by atoms with Crippen molar-refractivity contribution in [3.05, 3.63) is 64.8 Å². The van der Waals surface area contributed by atoms with Crippen LogP contribution in [0.3, 0.4) is 0 Å². The number of hydrogen-bond acceptors (Lipinski definition) is 7. The van der Waals surface area contributed by atoms with Crippen molar-refractivity contribution in [1.29, 1.82) is 0 Å². The Hall–Kier alpha value is -4.09. The van der Waals surface area contributed by atoms with Crippen LogP contribution in [0, 0.1) is 5.82 Å². The summed E-state index contributed by atoms with van der Waals surface area (Å²) < 4.78 is 44.5. The summed E-state index contributed by atoms with van der Waals surface area (Å²) in [4.78, 5) is 13.0. The number of hydrogen-bond donors (Lipinski definition) is 1. The Morgan fingerprint density at radius 3 is 2.71 bits per heavy atom. The topological polar surface area (TPSA) is 112 Å². The summed E-state index contributed by atoms with van der Waals surface area (Å²) in [6.45, 7) is 0.466. The Morgan fingerprint density at radius 1 is 1.10 bits per heavy atom. The van der Waals surface area contributed by atoms with Gasteiger partial charge < -0.3 is 9.73 Å². The molecule has 1 aliphatic heterocycles. The first-order valence-corrected chi connectivity index (χ1v) is 9.07. The van der Waals surface area contributed by atoms with Gasteiger partial charge in [-0.25, -0.2) is 4.39 Å². The van der Waals surface area contributed by atoms with E-state index >= 15 is 0 Å². The highest BCUT2D eigenvalue weighted by atomic mass is 19.3. The van der Waals surface area contributed by atoms with Crippen LogP contribution in [0.4, 0.5) is 13.2 Å². The molecule has 31 heavy (non-hydrogen) atoms. The second-order valence-electron chi connectivity index (χ2n) is 6.75. The molecule has 3 heterocycles. The van der Waals surface area contributed by atoms with Crippen molar-refractivity contribution >= 4 is 5.91 Å². The van der Waals surface area contributed by atoms with Crippen LogP contribution in [0.5, 0.6) is 0 Å². The fourth-order valence-electron chi connectivity index (χ4n) is 3.18. The number of nitrogens with one attached hydrogen (secondary N) is 1. The van der Waals surface area contributed by atoms with E-state index in [1.54, 1.807) is 12.1 Å². The van der Waals surface area contributed by atoms with E-state index in [2.05, 4.69) is 30.9 Å². The maximum absolute atomic E-state index is 14.5. The van der Waals surface area contributed by atoms with Gasteiger partial charge in [0, 0.05) is 28.8 Å². The lowest BCUT2D eigenvalue weighted by Crippen LogP contribution is -2.12. The van der Waals surface area contributed by atoms with Crippen LogP contribution in [0.2, 0.25) is 0 Å². The van der Waals surface area contributed by atoms with Gasteiger partial charge in [0.1, 0.15) is 5.82 Å². The van der Waals surface area contributed by atoms with E-state index in [0.29, 0.717) is 23.5 Å². The number of nitrogens with zero attached hydrogens (tertiary/aromatic N) is 6. The van der Waals surface area contributed by atoms with E-state index in [1.807, 2.05) is 6.07 Å². The molecule has 2 aromatic carbocycles. The molecule has 1 amide bonds. The average Bonchev–Trinajstić information content (AvgIpc) is 3.50. The van der Waals surface area contributed by atoms with Gasteiger partial charge in [-0.05, 0) is 29.0 Å². The molecule has 1 aliphatic rings. The second-order valence-corrected chi connectivity index (χ2v) is 6.75. The molecule has 9 nitrogen and oxygen atoms in total. The average molecular weight is 427 g/mol. The summed E-state index contributed by atoms with van der Waals surface area (Å²) in [7, 11) is 0. The third kappa shape index (κ3) is 3.52. The van der Waals surface area contributed by atoms with Crippen LogP contribution in [-0.4, -0.2) is 36.3 Å². The molecule has 0 saturated heterocycles. The Labute approximate surface area is 171 Å². The highest BCUT2D eigenvalue weighted by Gasteiger charge is 2.21. The number of carbonyl (C=O) groups is 1. The van der Waals surface area contributed by atoms with Gasteiger partial charge in [-0.2, -0.15) is 13.6 Å². The molecule has 0 aliphatic carbocycles. The fraction of sp³-hybridized carbons (Fsp3) is 0.158. The lowest BCUT2D eigenvalue weighted by molar-refractivity contribution is 0.0965. The first kappa shape index (κ1) is 18.9. The summed E-state index contributed by atoms with van der Waals surface area (Å²) in [5.41, 5.74) is 2.49. The minimum absolute atomic E-state index is 0.0172. The van der Waals surface area contributed by atoms with Gasteiger partial charge in [-0.1, -0.05) is 18.2 Å². The number of carbonyl (C=O) groups excluding carboxylic acids is 1. The summed E-state index contributed by atoms with van der Waals surface area (Å²) in [6, 6.07) is 9.31. The molecule has 0 saturated carbocycles. The molecule has 5 rings (SSSR count). The molecule has 156 valence electrons. The van der Waals surface area contributed by atoms with Crippen molar-refractivity contribution in [3.63, 3.8) is 0 Å². The lowest BCUT2D eigenvalue weighted by Gasteiger charge is -2.03. The van der Waals surface area contributed by atoms with Crippen molar-refractivity contribution in [2.75, 3.05) is 0 Å². The van der Waals surface area contributed by atoms with Gasteiger partial charge in [-0.3, -0.25) is 4.79 Å². The van der Waals surface area contributed by atoms with Crippen molar-refractivity contribution in [2.45, 2.75) is 19.5 Å². The van der Waals surface area contributed by atoms with E-state index in [1.165, 1.54) is 16.9 Å². The summed E-state index contributed by atoms with van der Waals surface area (Å²) >= 11 is 0. The van der Waals surface area contributed by atoms with E-state index in [4.69, 9.17) is 4.42 Å². The number of alkyl halides is 2. The number of fused-ring (bicyclic) bond motifs is 1. The lowest BCUT2D eigenvalue weighted by atomic mass is 10.1. The van der Waals surface area contributed by atoms with Gasteiger partial charge in [0.05, 0.1) is 6.54 Å². The van der Waals surface area contributed by atoms with Crippen molar-refractivity contribution < 1.29 is 22.4 Å². The minimum Gasteiger partial charge on any atom is -0.415 e. The number of amides is 1. The zero-order chi connectivity index (χ0) is 21.5. The van der Waals surface area contributed by atoms with Crippen LogP contribution < -0.4 is 5.32 Å². The third-order valence-electron chi connectivity index (χ3n) is 4.74. The highest BCUT2D eigenvalue weighted by Crippen LogP contribution is 2.25. The molecule has 1 N–H and O–H groups in total. The van der Waals surface area contributed by atoms with E-state index in [-0.39, 0.29) is 29.5 Å². The monoisotopic (exact) mass is 427 g/mol. The molecule has 0 unspecified atom stereocenters. The molecule has 2 aromatic heterocycles. The predicted octanol–water partition coefficient (Wildman–Crippen LogP) is 2.76. The van der Waals surface area contributed by atoms with Crippen molar-refractivity contribution in [1.82, 2.24) is 35.7 Å². The molecule has 0 fully saturated rings. The van der Waals surface area contributed by atoms with Gasteiger partial charge in [0.15, 0.2) is 0 Å². The highest BCUT2D eigenvalue weighted by molar-refractivity contribution is 5.99. The second kappa shape index (κ2) is 7.31. The van der Waals surface area contributed by atoms with Crippen LogP contribution >= 0.6 is 0 Å². The Kier molecular flexibility index (Phi) is 4.46. The molecule has 0 spiro atoms. The summed E-state index contributed by atoms with van der Waals surface area (Å²) in [5.74, 6) is -1.52. The Bertz CT molecular complexity index is 1300. The predicted molar refractivity (Wildman–Crippen MR) is 98.2 cm³/mol. The zero-order valence-electron chi connectivity index (χ0n) is 15.6. The van der Waals surface area contributed by atoms with Gasteiger partial charge in [0.25, 0.3) is 11.8 Å². The van der Waals surface area contributed by atoms with Crippen LogP contribution in [0.25, 0.3) is 22.8 Å². The first-order valence-electron chi connectivity index (χ1n) is 9.07. The van der Waals surface area contributed by atoms with Crippen LogP contribution in [-0.2, 0) is 13.1 Å². The molecule has 4 aromatic rings. The first-order chi connectivity index (χ1) is 15.0. The maximum atomic E-state index is 14.5. The van der Waals surface area contributed by atoms with Crippen LogP contribution in [0.15, 0.2) is 40.8 Å². The van der Waals surface area contributed by atoms with Gasteiger partial charge in [-0.15, -0.1) is 20.4 Å². The molecule has 0 atom stereocenters. The van der Waals surface area contributed by atoms with Crippen molar-refractivity contribution in [2.24, 2.45) is 0 Å². The standard InChI is InChI=1S/C19H12F3N7O2/c20-14-6-10(18-25-26-19(31-18)15(21)22)2-4-12(14)8-29-27-16(24-28-29)9-1-3-11-7-23-17(30)13(11)5-9/h1-6,15H,7-8H2,(H,23,30). The molecular weight excluding hydrogens is 415 g/mol. The zero-order valence-corrected chi connectivity index (χ0v) is 15.6. The molecule has 12 heteroatoms. The third-order valence-corrected chi connectivity index (χ3v) is 4.74. The van der Waals surface area contributed by atoms with E-state index < -0.39 is 18.1 Å². The summed E-state index contributed by atoms with van der Waals surface area (Å²) in [6.07, 6.45) is -2.90.